The van der Waals surface area contributed by atoms with Gasteiger partial charge in [-0.05, 0) is 48.4 Å². The SMILES string of the molecule is Cc1c2c(cc3c1O/C(=C\c1ccc(Cl)cc1Cl)C3=O)CN(Cc1cccnc1)CO2. The van der Waals surface area contributed by atoms with Gasteiger partial charge in [-0.15, -0.1) is 0 Å². The van der Waals surface area contributed by atoms with Crippen molar-refractivity contribution in [2.45, 2.75) is 20.0 Å². The molecule has 0 saturated heterocycles. The molecule has 3 heterocycles. The predicted molar refractivity (Wildman–Crippen MR) is 120 cm³/mol. The van der Waals surface area contributed by atoms with E-state index in [0.717, 1.165) is 22.4 Å². The second-order valence-corrected chi connectivity index (χ2v) is 8.44. The molecule has 7 heteroatoms. The maximum atomic E-state index is 13.1. The molecule has 0 bridgehead atoms. The number of nitrogens with zero attached hydrogens (tertiary/aromatic N) is 2. The highest BCUT2D eigenvalue weighted by molar-refractivity contribution is 6.35. The number of ether oxygens (including phenoxy) is 2. The van der Waals surface area contributed by atoms with Gasteiger partial charge in [-0.3, -0.25) is 14.7 Å². The molecule has 0 amide bonds. The van der Waals surface area contributed by atoms with Crippen LogP contribution in [0.25, 0.3) is 6.08 Å². The summed E-state index contributed by atoms with van der Waals surface area (Å²) in [6.45, 7) is 3.76. The van der Waals surface area contributed by atoms with Gasteiger partial charge in [0.1, 0.15) is 18.2 Å². The number of hydrogen-bond donors (Lipinski definition) is 0. The Morgan fingerprint density at radius 1 is 1.19 bits per heavy atom. The van der Waals surface area contributed by atoms with Gasteiger partial charge in [0, 0.05) is 46.7 Å². The van der Waals surface area contributed by atoms with E-state index in [0.29, 0.717) is 46.7 Å². The van der Waals surface area contributed by atoms with Gasteiger partial charge in [-0.2, -0.15) is 0 Å². The van der Waals surface area contributed by atoms with Crippen LogP contribution in [-0.4, -0.2) is 22.4 Å². The third-order valence-electron chi connectivity index (χ3n) is 5.38. The fourth-order valence-electron chi connectivity index (χ4n) is 3.91. The molecule has 2 aliphatic heterocycles. The highest BCUT2D eigenvalue weighted by atomic mass is 35.5. The van der Waals surface area contributed by atoms with Crippen molar-refractivity contribution in [3.05, 3.63) is 92.4 Å². The van der Waals surface area contributed by atoms with Crippen LogP contribution in [0.1, 0.15) is 32.6 Å². The Morgan fingerprint density at radius 2 is 2.06 bits per heavy atom. The normalized spacial score (nSPS) is 16.6. The van der Waals surface area contributed by atoms with E-state index in [2.05, 4.69) is 9.88 Å². The summed E-state index contributed by atoms with van der Waals surface area (Å²) in [5.41, 5.74) is 4.11. The van der Waals surface area contributed by atoms with Crippen LogP contribution < -0.4 is 9.47 Å². The van der Waals surface area contributed by atoms with Crippen molar-refractivity contribution >= 4 is 35.1 Å². The van der Waals surface area contributed by atoms with Crippen molar-refractivity contribution in [1.82, 2.24) is 9.88 Å². The third kappa shape index (κ3) is 3.81. The van der Waals surface area contributed by atoms with E-state index in [1.54, 1.807) is 30.5 Å². The number of halogens is 2. The fourth-order valence-corrected chi connectivity index (χ4v) is 4.37. The molecule has 0 aliphatic carbocycles. The Bertz CT molecular complexity index is 1230. The molecule has 2 aromatic carbocycles. The molecule has 5 nitrogen and oxygen atoms in total. The minimum Gasteiger partial charge on any atom is -0.477 e. The highest BCUT2D eigenvalue weighted by Crippen LogP contribution is 2.43. The van der Waals surface area contributed by atoms with Crippen LogP contribution >= 0.6 is 23.2 Å². The van der Waals surface area contributed by atoms with Crippen molar-refractivity contribution < 1.29 is 14.3 Å². The number of hydrogen-bond acceptors (Lipinski definition) is 5. The number of allylic oxidation sites excluding steroid dienone is 1. The average molecular weight is 453 g/mol. The summed E-state index contributed by atoms with van der Waals surface area (Å²) in [5, 5.41) is 0.989. The Kier molecular flexibility index (Phi) is 5.18. The molecule has 0 saturated carbocycles. The minimum absolute atomic E-state index is 0.170. The molecule has 1 aromatic heterocycles. The molecule has 0 spiro atoms. The number of aromatic nitrogens is 1. The zero-order chi connectivity index (χ0) is 21.5. The summed E-state index contributed by atoms with van der Waals surface area (Å²) >= 11 is 12.2. The number of pyridine rings is 1. The van der Waals surface area contributed by atoms with Crippen LogP contribution in [-0.2, 0) is 13.1 Å². The van der Waals surface area contributed by atoms with Crippen LogP contribution in [0.5, 0.6) is 11.5 Å². The van der Waals surface area contributed by atoms with Crippen molar-refractivity contribution in [3.8, 4) is 11.5 Å². The van der Waals surface area contributed by atoms with Crippen LogP contribution in [0.15, 0.2) is 54.6 Å². The van der Waals surface area contributed by atoms with E-state index >= 15 is 0 Å². The number of rotatable bonds is 3. The summed E-state index contributed by atoms with van der Waals surface area (Å²) in [6.07, 6.45) is 5.25. The first kappa shape index (κ1) is 20.1. The fraction of sp³-hybridized carbons (Fsp3) is 0.167. The molecule has 2 aliphatic rings. The van der Waals surface area contributed by atoms with Crippen LogP contribution in [0, 0.1) is 6.92 Å². The second kappa shape index (κ2) is 8.00. The summed E-state index contributed by atoms with van der Waals surface area (Å²) in [6, 6.07) is 10.9. The Balaban J connectivity index is 1.44. The first-order valence-corrected chi connectivity index (χ1v) is 10.5. The van der Waals surface area contributed by atoms with Gasteiger partial charge in [0.05, 0.1) is 5.56 Å². The molecule has 31 heavy (non-hydrogen) atoms. The lowest BCUT2D eigenvalue weighted by molar-refractivity contribution is 0.0876. The van der Waals surface area contributed by atoms with E-state index < -0.39 is 0 Å². The topological polar surface area (TPSA) is 51.7 Å². The van der Waals surface area contributed by atoms with Crippen LogP contribution in [0.2, 0.25) is 10.0 Å². The van der Waals surface area contributed by atoms with Crippen molar-refractivity contribution in [1.29, 1.82) is 0 Å². The number of fused-ring (bicyclic) bond motifs is 2. The molecular weight excluding hydrogens is 435 g/mol. The maximum Gasteiger partial charge on any atom is 0.231 e. The van der Waals surface area contributed by atoms with Gasteiger partial charge in [0.2, 0.25) is 5.78 Å². The third-order valence-corrected chi connectivity index (χ3v) is 5.94. The van der Waals surface area contributed by atoms with Gasteiger partial charge in [-0.25, -0.2) is 0 Å². The smallest absolute Gasteiger partial charge is 0.231 e. The Hall–Kier alpha value is -2.86. The van der Waals surface area contributed by atoms with E-state index in [1.165, 1.54) is 0 Å². The maximum absolute atomic E-state index is 13.1. The lowest BCUT2D eigenvalue weighted by atomic mass is 10.00. The largest absolute Gasteiger partial charge is 0.477 e. The molecule has 0 N–H and O–H groups in total. The highest BCUT2D eigenvalue weighted by Gasteiger charge is 2.33. The van der Waals surface area contributed by atoms with Gasteiger partial charge in [0.25, 0.3) is 0 Å². The quantitative estimate of drug-likeness (QED) is 0.479. The molecule has 3 aromatic rings. The van der Waals surface area contributed by atoms with Crippen LogP contribution in [0.3, 0.4) is 0 Å². The van der Waals surface area contributed by atoms with E-state index in [9.17, 15) is 4.79 Å². The minimum atomic E-state index is -0.170. The van der Waals surface area contributed by atoms with E-state index in [1.807, 2.05) is 31.3 Å². The van der Waals surface area contributed by atoms with Gasteiger partial charge < -0.3 is 9.47 Å². The molecule has 156 valence electrons. The van der Waals surface area contributed by atoms with E-state index in [4.69, 9.17) is 32.7 Å². The number of carbonyl (C=O) groups excluding carboxylic acids is 1. The Morgan fingerprint density at radius 3 is 2.84 bits per heavy atom. The zero-order valence-electron chi connectivity index (χ0n) is 16.7. The standard InChI is InChI=1S/C24H18Cl2N2O3/c1-14-23-17(12-28(13-30-23)11-15-3-2-6-27-10-15)7-19-22(29)21(31-24(14)19)8-16-4-5-18(25)9-20(16)26/h2-10H,11-13H2,1H3/b21-8-. The molecule has 0 fully saturated rings. The van der Waals surface area contributed by atoms with Gasteiger partial charge in [0.15, 0.2) is 5.76 Å². The number of Topliss-reactive ketones (excluding diaryl/α,β-unsaturated/α-hetero) is 1. The monoisotopic (exact) mass is 452 g/mol. The molecular formula is C24H18Cl2N2O3. The lowest BCUT2D eigenvalue weighted by Crippen LogP contribution is -2.32. The molecule has 0 radical (unpaired) electrons. The predicted octanol–water partition coefficient (Wildman–Crippen LogP) is 5.67. The zero-order valence-corrected chi connectivity index (χ0v) is 18.2. The van der Waals surface area contributed by atoms with Crippen molar-refractivity contribution in [2.75, 3.05) is 6.73 Å². The molecule has 0 atom stereocenters. The summed E-state index contributed by atoms with van der Waals surface area (Å²) in [5.74, 6) is 1.38. The number of ketones is 1. The van der Waals surface area contributed by atoms with Crippen LogP contribution in [0.4, 0.5) is 0 Å². The second-order valence-electron chi connectivity index (χ2n) is 7.59. The number of carbonyl (C=O) groups is 1. The summed E-state index contributed by atoms with van der Waals surface area (Å²) in [4.78, 5) is 19.4. The first-order chi connectivity index (χ1) is 15.0. The average Bonchev–Trinajstić information content (AvgIpc) is 3.07. The summed E-state index contributed by atoms with van der Waals surface area (Å²) in [7, 11) is 0. The lowest BCUT2D eigenvalue weighted by Gasteiger charge is -2.30. The van der Waals surface area contributed by atoms with E-state index in [-0.39, 0.29) is 11.5 Å². The van der Waals surface area contributed by atoms with Gasteiger partial charge >= 0.3 is 0 Å². The first-order valence-electron chi connectivity index (χ1n) is 9.79. The van der Waals surface area contributed by atoms with Crippen molar-refractivity contribution in [2.24, 2.45) is 0 Å². The van der Waals surface area contributed by atoms with Crippen molar-refractivity contribution in [3.63, 3.8) is 0 Å². The summed E-state index contributed by atoms with van der Waals surface area (Å²) < 4.78 is 12.0. The van der Waals surface area contributed by atoms with Gasteiger partial charge in [-0.1, -0.05) is 35.3 Å². The molecule has 5 rings (SSSR count). The Labute approximate surface area is 189 Å². The number of benzene rings is 2. The molecule has 0 unspecified atom stereocenters.